The van der Waals surface area contributed by atoms with Crippen molar-refractivity contribution < 1.29 is 14.3 Å². The highest BCUT2D eigenvalue weighted by Gasteiger charge is 2.32. The minimum atomic E-state index is -0.467. The summed E-state index contributed by atoms with van der Waals surface area (Å²) >= 11 is 1.91. The second-order valence-corrected chi connectivity index (χ2v) is 9.61. The molecule has 2 saturated heterocycles. The zero-order chi connectivity index (χ0) is 19.9. The predicted molar refractivity (Wildman–Crippen MR) is 112 cm³/mol. The van der Waals surface area contributed by atoms with Crippen LogP contribution in [0.5, 0.6) is 0 Å². The maximum atomic E-state index is 12.3. The predicted octanol–water partition coefficient (Wildman–Crippen LogP) is 2.46. The van der Waals surface area contributed by atoms with Crippen molar-refractivity contribution in [1.29, 1.82) is 0 Å². The van der Waals surface area contributed by atoms with E-state index in [0.29, 0.717) is 6.54 Å². The van der Waals surface area contributed by atoms with Crippen LogP contribution in [0.15, 0.2) is 4.99 Å². The van der Waals surface area contributed by atoms with Gasteiger partial charge in [-0.3, -0.25) is 4.99 Å². The normalized spacial score (nSPS) is 23.7. The fourth-order valence-corrected chi connectivity index (χ4v) is 4.21. The van der Waals surface area contributed by atoms with Crippen LogP contribution in [-0.2, 0) is 9.47 Å². The molecule has 2 N–H and O–H groups in total. The van der Waals surface area contributed by atoms with E-state index in [0.717, 1.165) is 57.9 Å². The van der Waals surface area contributed by atoms with E-state index in [4.69, 9.17) is 9.47 Å². The summed E-state index contributed by atoms with van der Waals surface area (Å²) < 4.78 is 11.2. The zero-order valence-electron chi connectivity index (χ0n) is 17.5. The number of likely N-dealkylation sites (tertiary alicyclic amines) is 1. The van der Waals surface area contributed by atoms with Gasteiger partial charge in [0, 0.05) is 50.7 Å². The molecule has 0 radical (unpaired) electrons. The molecule has 2 aliphatic heterocycles. The maximum Gasteiger partial charge on any atom is 0.410 e. The van der Waals surface area contributed by atoms with E-state index in [2.05, 4.69) is 21.9 Å². The first-order chi connectivity index (χ1) is 12.8. The summed E-state index contributed by atoms with van der Waals surface area (Å²) in [6.07, 6.45) is 6.01. The first-order valence-electron chi connectivity index (χ1n) is 9.85. The molecular weight excluding hydrogens is 364 g/mol. The average Bonchev–Trinajstić information content (AvgIpc) is 2.64. The number of ether oxygens (including phenoxy) is 2. The summed E-state index contributed by atoms with van der Waals surface area (Å²) in [5.41, 5.74) is -0.467. The molecule has 0 aromatic heterocycles. The fraction of sp³-hybridized carbons (Fsp3) is 0.895. The molecule has 0 aromatic carbocycles. The lowest BCUT2D eigenvalue weighted by Crippen LogP contribution is -2.55. The third-order valence-electron chi connectivity index (χ3n) is 5.05. The van der Waals surface area contributed by atoms with Gasteiger partial charge in [-0.05, 0) is 52.7 Å². The van der Waals surface area contributed by atoms with E-state index < -0.39 is 5.60 Å². The summed E-state index contributed by atoms with van der Waals surface area (Å²) in [4.78, 5) is 18.5. The first-order valence-corrected chi connectivity index (χ1v) is 11.1. The van der Waals surface area contributed by atoms with Crippen LogP contribution in [0, 0.1) is 0 Å². The Bertz CT molecular complexity index is 516. The van der Waals surface area contributed by atoms with Crippen LogP contribution in [0.1, 0.15) is 46.5 Å². The number of guanidine groups is 1. The molecule has 0 bridgehead atoms. The Morgan fingerprint density at radius 2 is 2.07 bits per heavy atom. The lowest BCUT2D eigenvalue weighted by molar-refractivity contribution is 0.0193. The number of carbonyl (C=O) groups is 1. The second kappa shape index (κ2) is 9.87. The van der Waals surface area contributed by atoms with E-state index in [1.165, 1.54) is 0 Å². The minimum absolute atomic E-state index is 0.178. The van der Waals surface area contributed by atoms with Crippen molar-refractivity contribution in [1.82, 2.24) is 15.5 Å². The molecule has 27 heavy (non-hydrogen) atoms. The van der Waals surface area contributed by atoms with E-state index in [9.17, 15) is 4.79 Å². The largest absolute Gasteiger partial charge is 0.444 e. The van der Waals surface area contributed by atoms with Crippen molar-refractivity contribution in [2.45, 2.75) is 62.8 Å². The summed E-state index contributed by atoms with van der Waals surface area (Å²) in [5.74, 6) is 0.797. The highest BCUT2D eigenvalue weighted by molar-refractivity contribution is 8.00. The molecule has 1 amide bonds. The molecule has 0 spiro atoms. The second-order valence-electron chi connectivity index (χ2n) is 8.34. The summed E-state index contributed by atoms with van der Waals surface area (Å²) in [6.45, 7) is 9.58. The van der Waals surface area contributed by atoms with Crippen LogP contribution in [0.25, 0.3) is 0 Å². The van der Waals surface area contributed by atoms with Crippen molar-refractivity contribution in [2.24, 2.45) is 4.99 Å². The monoisotopic (exact) mass is 400 g/mol. The van der Waals surface area contributed by atoms with Gasteiger partial charge in [-0.25, -0.2) is 4.79 Å². The molecule has 2 fully saturated rings. The van der Waals surface area contributed by atoms with E-state index in [-0.39, 0.29) is 16.9 Å². The van der Waals surface area contributed by atoms with Gasteiger partial charge in [-0.2, -0.15) is 11.8 Å². The van der Waals surface area contributed by atoms with Crippen LogP contribution in [0.2, 0.25) is 0 Å². The number of rotatable bonds is 4. The van der Waals surface area contributed by atoms with Gasteiger partial charge in [0.05, 0.1) is 0 Å². The van der Waals surface area contributed by atoms with E-state index in [1.54, 1.807) is 11.9 Å². The molecule has 1 unspecified atom stereocenters. The lowest BCUT2D eigenvalue weighted by atomic mass is 9.99. The van der Waals surface area contributed by atoms with Crippen molar-refractivity contribution in [2.75, 3.05) is 46.2 Å². The Morgan fingerprint density at radius 1 is 1.37 bits per heavy atom. The van der Waals surface area contributed by atoms with Gasteiger partial charge >= 0.3 is 6.09 Å². The number of amides is 1. The van der Waals surface area contributed by atoms with Crippen molar-refractivity contribution in [3.05, 3.63) is 0 Å². The van der Waals surface area contributed by atoms with Gasteiger partial charge in [0.2, 0.25) is 0 Å². The maximum absolute atomic E-state index is 12.3. The smallest absolute Gasteiger partial charge is 0.410 e. The first kappa shape index (κ1) is 22.1. The van der Waals surface area contributed by atoms with Crippen LogP contribution >= 0.6 is 11.8 Å². The number of carbonyl (C=O) groups excluding carboxylic acids is 1. The number of piperidine rings is 1. The molecular formula is C19H36N4O3S. The number of hydrogen-bond donors (Lipinski definition) is 2. The summed E-state index contributed by atoms with van der Waals surface area (Å²) in [7, 11) is 1.79. The molecule has 1 atom stereocenters. The van der Waals surface area contributed by atoms with Gasteiger partial charge in [0.1, 0.15) is 5.60 Å². The molecule has 0 aromatic rings. The number of hydrogen-bond acceptors (Lipinski definition) is 5. The fourth-order valence-electron chi connectivity index (χ4n) is 3.42. The minimum Gasteiger partial charge on any atom is -0.444 e. The molecule has 0 saturated carbocycles. The zero-order valence-corrected chi connectivity index (χ0v) is 18.3. The highest BCUT2D eigenvalue weighted by atomic mass is 32.2. The van der Waals surface area contributed by atoms with Crippen LogP contribution in [0.4, 0.5) is 4.79 Å². The van der Waals surface area contributed by atoms with Crippen LogP contribution < -0.4 is 10.6 Å². The molecule has 156 valence electrons. The van der Waals surface area contributed by atoms with Gasteiger partial charge < -0.3 is 25.0 Å². The van der Waals surface area contributed by atoms with Crippen molar-refractivity contribution in [3.8, 4) is 0 Å². The SMILES string of the molecule is CN=C(NCC1(SC)CCOCC1)NC1CCCN(C(=O)OC(C)(C)C)C1. The Morgan fingerprint density at radius 3 is 2.67 bits per heavy atom. The highest BCUT2D eigenvalue weighted by Crippen LogP contribution is 2.32. The summed E-state index contributed by atoms with van der Waals surface area (Å²) in [5, 5.41) is 6.97. The molecule has 0 aliphatic carbocycles. The molecule has 7 nitrogen and oxygen atoms in total. The molecule has 2 heterocycles. The Hall–Kier alpha value is -1.15. The topological polar surface area (TPSA) is 75.2 Å². The number of aliphatic imine (C=N–C) groups is 1. The van der Waals surface area contributed by atoms with Gasteiger partial charge in [0.25, 0.3) is 0 Å². The quantitative estimate of drug-likeness (QED) is 0.558. The van der Waals surface area contributed by atoms with Crippen LogP contribution in [-0.4, -0.2) is 79.5 Å². The number of thioether (sulfide) groups is 1. The van der Waals surface area contributed by atoms with Crippen molar-refractivity contribution >= 4 is 23.8 Å². The third kappa shape index (κ3) is 7.07. The third-order valence-corrected chi connectivity index (χ3v) is 6.47. The Kier molecular flexibility index (Phi) is 8.09. The van der Waals surface area contributed by atoms with Crippen molar-refractivity contribution in [3.63, 3.8) is 0 Å². The number of nitrogens with zero attached hydrogens (tertiary/aromatic N) is 2. The Labute approximate surface area is 168 Å². The van der Waals surface area contributed by atoms with Gasteiger partial charge in [0.15, 0.2) is 5.96 Å². The Balaban J connectivity index is 1.85. The molecule has 2 aliphatic rings. The number of nitrogens with one attached hydrogen (secondary N) is 2. The molecule has 2 rings (SSSR count). The lowest BCUT2D eigenvalue weighted by Gasteiger charge is -2.37. The van der Waals surface area contributed by atoms with Gasteiger partial charge in [-0.1, -0.05) is 0 Å². The average molecular weight is 401 g/mol. The molecule has 8 heteroatoms. The van der Waals surface area contributed by atoms with Gasteiger partial charge in [-0.15, -0.1) is 0 Å². The summed E-state index contributed by atoms with van der Waals surface area (Å²) in [6, 6.07) is 0.178. The van der Waals surface area contributed by atoms with E-state index in [1.807, 2.05) is 32.5 Å². The van der Waals surface area contributed by atoms with Crippen LogP contribution in [0.3, 0.4) is 0 Å². The van der Waals surface area contributed by atoms with E-state index >= 15 is 0 Å². The standard InChI is InChI=1S/C19H36N4O3S/c1-18(2,3)26-17(24)23-10-6-7-15(13-23)22-16(20-4)21-14-19(27-5)8-11-25-12-9-19/h15H,6-14H2,1-5H3,(H2,20,21,22).